The second-order valence-electron chi connectivity index (χ2n) is 5.38. The molecule has 0 amide bonds. The Morgan fingerprint density at radius 1 is 1.33 bits per heavy atom. The Kier molecular flexibility index (Phi) is 4.63. The van der Waals surface area contributed by atoms with Crippen molar-refractivity contribution in [3.63, 3.8) is 0 Å². The van der Waals surface area contributed by atoms with Gasteiger partial charge in [0.2, 0.25) is 0 Å². The molecule has 0 aromatic heterocycles. The predicted molar refractivity (Wildman–Crippen MR) is 74.6 cm³/mol. The van der Waals surface area contributed by atoms with E-state index in [0.29, 0.717) is 0 Å². The number of benzene rings is 1. The summed E-state index contributed by atoms with van der Waals surface area (Å²) < 4.78 is 14.0. The summed E-state index contributed by atoms with van der Waals surface area (Å²) in [5, 5.41) is 3.67. The SMILES string of the molecule is CCNCC1(Cc2cccc(Cl)c2F)CCCC1. The highest BCUT2D eigenvalue weighted by molar-refractivity contribution is 6.30. The van der Waals surface area contributed by atoms with Crippen LogP contribution in [-0.2, 0) is 6.42 Å². The number of hydrogen-bond acceptors (Lipinski definition) is 1. The lowest BCUT2D eigenvalue weighted by molar-refractivity contribution is 0.277. The summed E-state index contributed by atoms with van der Waals surface area (Å²) >= 11 is 5.86. The van der Waals surface area contributed by atoms with Crippen molar-refractivity contribution >= 4 is 11.6 Å². The van der Waals surface area contributed by atoms with E-state index >= 15 is 0 Å². The molecule has 1 aromatic carbocycles. The van der Waals surface area contributed by atoms with Gasteiger partial charge in [0.1, 0.15) is 5.82 Å². The van der Waals surface area contributed by atoms with Crippen LogP contribution in [-0.4, -0.2) is 13.1 Å². The van der Waals surface area contributed by atoms with Crippen LogP contribution in [0.4, 0.5) is 4.39 Å². The second kappa shape index (κ2) is 6.03. The Morgan fingerprint density at radius 3 is 2.72 bits per heavy atom. The van der Waals surface area contributed by atoms with E-state index in [4.69, 9.17) is 11.6 Å². The van der Waals surface area contributed by atoms with Gasteiger partial charge in [-0.05, 0) is 42.9 Å². The number of nitrogens with one attached hydrogen (secondary N) is 1. The predicted octanol–water partition coefficient (Wildman–Crippen LogP) is 4.19. The van der Waals surface area contributed by atoms with Crippen molar-refractivity contribution in [2.45, 2.75) is 39.0 Å². The molecule has 0 radical (unpaired) electrons. The minimum Gasteiger partial charge on any atom is -0.316 e. The van der Waals surface area contributed by atoms with Gasteiger partial charge in [-0.25, -0.2) is 4.39 Å². The largest absolute Gasteiger partial charge is 0.316 e. The summed E-state index contributed by atoms with van der Waals surface area (Å²) in [5.74, 6) is -0.234. The molecule has 1 fully saturated rings. The highest BCUT2D eigenvalue weighted by atomic mass is 35.5. The summed E-state index contributed by atoms with van der Waals surface area (Å²) in [6.07, 6.45) is 5.69. The van der Waals surface area contributed by atoms with Crippen molar-refractivity contribution in [2.24, 2.45) is 5.41 Å². The minimum atomic E-state index is -0.234. The lowest BCUT2D eigenvalue weighted by Crippen LogP contribution is -2.34. The molecule has 1 N–H and O–H groups in total. The van der Waals surface area contributed by atoms with E-state index in [9.17, 15) is 4.39 Å². The van der Waals surface area contributed by atoms with Crippen molar-refractivity contribution in [2.75, 3.05) is 13.1 Å². The van der Waals surface area contributed by atoms with Crippen LogP contribution in [0.1, 0.15) is 38.2 Å². The van der Waals surface area contributed by atoms with E-state index in [1.807, 2.05) is 12.1 Å². The van der Waals surface area contributed by atoms with Gasteiger partial charge in [0.05, 0.1) is 5.02 Å². The lowest BCUT2D eigenvalue weighted by Gasteiger charge is -2.29. The Labute approximate surface area is 114 Å². The van der Waals surface area contributed by atoms with E-state index in [2.05, 4.69) is 12.2 Å². The van der Waals surface area contributed by atoms with Crippen LogP contribution in [0.3, 0.4) is 0 Å². The first kappa shape index (κ1) is 13.8. The van der Waals surface area contributed by atoms with Gasteiger partial charge in [-0.3, -0.25) is 0 Å². The summed E-state index contributed by atoms with van der Waals surface area (Å²) in [4.78, 5) is 0. The minimum absolute atomic E-state index is 0.224. The van der Waals surface area contributed by atoms with Crippen molar-refractivity contribution < 1.29 is 4.39 Å². The highest BCUT2D eigenvalue weighted by Crippen LogP contribution is 2.41. The molecule has 18 heavy (non-hydrogen) atoms. The van der Waals surface area contributed by atoms with Crippen LogP contribution in [0.25, 0.3) is 0 Å². The fourth-order valence-electron chi connectivity index (χ4n) is 3.02. The Hall–Kier alpha value is -0.600. The van der Waals surface area contributed by atoms with Crippen molar-refractivity contribution in [3.05, 3.63) is 34.6 Å². The first-order chi connectivity index (χ1) is 8.67. The topological polar surface area (TPSA) is 12.0 Å². The second-order valence-corrected chi connectivity index (χ2v) is 5.78. The lowest BCUT2D eigenvalue weighted by atomic mass is 9.79. The fourth-order valence-corrected chi connectivity index (χ4v) is 3.21. The zero-order valence-electron chi connectivity index (χ0n) is 10.9. The van der Waals surface area contributed by atoms with Crippen LogP contribution in [0, 0.1) is 11.2 Å². The summed E-state index contributed by atoms with van der Waals surface area (Å²) in [6.45, 7) is 4.07. The Bertz CT molecular complexity index is 399. The summed E-state index contributed by atoms with van der Waals surface area (Å²) in [5.41, 5.74) is 0.990. The standard InChI is InChI=1S/C15H21ClFN/c1-2-18-11-15(8-3-4-9-15)10-12-6-5-7-13(16)14(12)17/h5-7,18H,2-4,8-11H2,1H3. The molecule has 3 heteroatoms. The molecule has 0 spiro atoms. The maximum atomic E-state index is 14.0. The van der Waals surface area contributed by atoms with Gasteiger partial charge in [0, 0.05) is 6.54 Å². The number of hydrogen-bond donors (Lipinski definition) is 1. The van der Waals surface area contributed by atoms with Gasteiger partial charge in [0.25, 0.3) is 0 Å². The molecule has 1 aliphatic rings. The third-order valence-electron chi connectivity index (χ3n) is 4.01. The van der Waals surface area contributed by atoms with Crippen molar-refractivity contribution in [3.8, 4) is 0 Å². The first-order valence-electron chi connectivity index (χ1n) is 6.80. The quantitative estimate of drug-likeness (QED) is 0.845. The van der Waals surface area contributed by atoms with Crippen LogP contribution < -0.4 is 5.32 Å². The molecule has 0 aliphatic heterocycles. The third kappa shape index (κ3) is 3.04. The molecule has 0 atom stereocenters. The van der Waals surface area contributed by atoms with Crippen LogP contribution >= 0.6 is 11.6 Å². The molecule has 100 valence electrons. The molecule has 0 saturated heterocycles. The third-order valence-corrected chi connectivity index (χ3v) is 4.30. The summed E-state index contributed by atoms with van der Waals surface area (Å²) in [6, 6.07) is 5.33. The number of halogens is 2. The van der Waals surface area contributed by atoms with Crippen molar-refractivity contribution in [1.82, 2.24) is 5.32 Å². The molecule has 1 saturated carbocycles. The molecule has 0 unspecified atom stereocenters. The Balaban J connectivity index is 2.15. The van der Waals surface area contributed by atoms with E-state index in [1.54, 1.807) is 6.07 Å². The summed E-state index contributed by atoms with van der Waals surface area (Å²) in [7, 11) is 0. The molecule has 1 nitrogen and oxygen atoms in total. The van der Waals surface area contributed by atoms with Crippen LogP contribution in [0.2, 0.25) is 5.02 Å². The van der Waals surface area contributed by atoms with E-state index in [0.717, 1.165) is 25.1 Å². The average molecular weight is 270 g/mol. The highest BCUT2D eigenvalue weighted by Gasteiger charge is 2.34. The first-order valence-corrected chi connectivity index (χ1v) is 7.18. The van der Waals surface area contributed by atoms with E-state index in [1.165, 1.54) is 25.7 Å². The van der Waals surface area contributed by atoms with Gasteiger partial charge < -0.3 is 5.32 Å². The van der Waals surface area contributed by atoms with Gasteiger partial charge in [0.15, 0.2) is 0 Å². The molecule has 0 heterocycles. The zero-order chi connectivity index (χ0) is 13.0. The van der Waals surface area contributed by atoms with E-state index < -0.39 is 0 Å². The van der Waals surface area contributed by atoms with Crippen LogP contribution in [0.15, 0.2) is 18.2 Å². The fraction of sp³-hybridized carbons (Fsp3) is 0.600. The van der Waals surface area contributed by atoms with Gasteiger partial charge in [-0.1, -0.05) is 43.5 Å². The molecule has 1 aliphatic carbocycles. The Morgan fingerprint density at radius 2 is 2.06 bits per heavy atom. The monoisotopic (exact) mass is 269 g/mol. The molecule has 0 bridgehead atoms. The average Bonchev–Trinajstić information content (AvgIpc) is 2.82. The molecular weight excluding hydrogens is 249 g/mol. The molecule has 1 aromatic rings. The maximum absolute atomic E-state index is 14.0. The molecule has 2 rings (SSSR count). The van der Waals surface area contributed by atoms with Gasteiger partial charge in [-0.15, -0.1) is 0 Å². The van der Waals surface area contributed by atoms with E-state index in [-0.39, 0.29) is 16.3 Å². The van der Waals surface area contributed by atoms with Crippen LogP contribution in [0.5, 0.6) is 0 Å². The maximum Gasteiger partial charge on any atom is 0.144 e. The zero-order valence-corrected chi connectivity index (χ0v) is 11.7. The molecular formula is C15H21ClFN. The number of rotatable bonds is 5. The van der Waals surface area contributed by atoms with Crippen molar-refractivity contribution in [1.29, 1.82) is 0 Å². The van der Waals surface area contributed by atoms with Gasteiger partial charge in [-0.2, -0.15) is 0 Å². The normalized spacial score (nSPS) is 18.2. The smallest absolute Gasteiger partial charge is 0.144 e. The van der Waals surface area contributed by atoms with Gasteiger partial charge >= 0.3 is 0 Å².